The molecule has 0 radical (unpaired) electrons. The maximum absolute atomic E-state index is 13.4. The summed E-state index contributed by atoms with van der Waals surface area (Å²) in [6.07, 6.45) is 5.04. The molecule has 0 amide bonds. The predicted octanol–water partition coefficient (Wildman–Crippen LogP) is 4.33. The highest BCUT2D eigenvalue weighted by Gasteiger charge is 2.50. The number of ketones is 1. The molecule has 3 atom stereocenters. The third kappa shape index (κ3) is 2.73. The highest BCUT2D eigenvalue weighted by molar-refractivity contribution is 8.01. The number of hydrogen-bond donors (Lipinski definition) is 1. The Hall–Kier alpha value is -2.06. The van der Waals surface area contributed by atoms with Crippen molar-refractivity contribution in [3.05, 3.63) is 76.2 Å². The van der Waals surface area contributed by atoms with Gasteiger partial charge in [-0.15, -0.1) is 23.1 Å². The second-order valence-corrected chi connectivity index (χ2v) is 10.7. The monoisotopic (exact) mass is 434 g/mol. The van der Waals surface area contributed by atoms with E-state index >= 15 is 0 Å². The van der Waals surface area contributed by atoms with Gasteiger partial charge in [-0.25, -0.2) is 0 Å². The standard InChI is InChI=1S/C23H22N4OS2/c1-23-21-14(12-17(27(23)11-10-26-23)15-6-2-4-8-24-15)20-18(28)13-19(29-22(20)30-21)16-7-3-5-9-25-16/h2-9,17,19,26H,10-13H2,1H3. The SMILES string of the molecule is CC12NCCN1C(c1ccccn1)Cc1c2sc2c1C(=O)CC(c1ccccn1)S2. The molecule has 3 unspecified atom stereocenters. The second kappa shape index (κ2) is 6.99. The van der Waals surface area contributed by atoms with E-state index in [1.165, 1.54) is 10.4 Å². The van der Waals surface area contributed by atoms with E-state index in [9.17, 15) is 4.79 Å². The summed E-state index contributed by atoms with van der Waals surface area (Å²) in [7, 11) is 0. The van der Waals surface area contributed by atoms with Crippen LogP contribution in [-0.4, -0.2) is 33.7 Å². The molecule has 5 nitrogen and oxygen atoms in total. The Labute approximate surface area is 183 Å². The molecule has 3 aromatic rings. The Bertz CT molecular complexity index is 1120. The Kier molecular flexibility index (Phi) is 4.35. The Morgan fingerprint density at radius 1 is 1.10 bits per heavy atom. The molecule has 3 aliphatic rings. The Balaban J connectivity index is 1.45. The van der Waals surface area contributed by atoms with Gasteiger partial charge >= 0.3 is 0 Å². The topological polar surface area (TPSA) is 58.1 Å². The average molecular weight is 435 g/mol. The van der Waals surface area contributed by atoms with Crippen LogP contribution in [0.4, 0.5) is 0 Å². The minimum absolute atomic E-state index is 0.0957. The van der Waals surface area contributed by atoms with Gasteiger partial charge < -0.3 is 0 Å². The summed E-state index contributed by atoms with van der Waals surface area (Å²) >= 11 is 3.61. The van der Waals surface area contributed by atoms with Crippen LogP contribution in [0.15, 0.2) is 53.0 Å². The highest BCUT2D eigenvalue weighted by atomic mass is 32.2. The first kappa shape index (κ1) is 18.7. The number of aromatic nitrogens is 2. The van der Waals surface area contributed by atoms with Crippen molar-refractivity contribution in [3.8, 4) is 0 Å². The number of thioether (sulfide) groups is 1. The average Bonchev–Trinajstić information content (AvgIpc) is 3.36. The molecular formula is C23H22N4OS2. The van der Waals surface area contributed by atoms with Crippen LogP contribution in [-0.2, 0) is 12.1 Å². The molecule has 7 heteroatoms. The van der Waals surface area contributed by atoms with Gasteiger partial charge in [-0.3, -0.25) is 25.0 Å². The second-order valence-electron chi connectivity index (χ2n) is 8.23. The van der Waals surface area contributed by atoms with Crippen LogP contribution in [0.25, 0.3) is 0 Å². The zero-order valence-electron chi connectivity index (χ0n) is 16.7. The fourth-order valence-corrected chi connectivity index (χ4v) is 8.25. The molecule has 1 N–H and O–H groups in total. The van der Waals surface area contributed by atoms with Crippen LogP contribution in [0.3, 0.4) is 0 Å². The van der Waals surface area contributed by atoms with Crippen molar-refractivity contribution in [2.24, 2.45) is 0 Å². The molecule has 6 heterocycles. The molecule has 152 valence electrons. The Morgan fingerprint density at radius 2 is 1.87 bits per heavy atom. The smallest absolute Gasteiger partial charge is 0.166 e. The normalized spacial score (nSPS) is 28.1. The molecule has 0 bridgehead atoms. The molecule has 1 fully saturated rings. The van der Waals surface area contributed by atoms with Crippen molar-refractivity contribution in [1.82, 2.24) is 20.2 Å². The van der Waals surface area contributed by atoms with E-state index in [1.54, 1.807) is 11.3 Å². The number of Topliss-reactive ketones (excluding diaryl/α,β-unsaturated/α-hetero) is 1. The third-order valence-corrected chi connectivity index (χ3v) is 9.42. The van der Waals surface area contributed by atoms with E-state index in [0.717, 1.165) is 40.7 Å². The van der Waals surface area contributed by atoms with Crippen molar-refractivity contribution >= 4 is 28.9 Å². The predicted molar refractivity (Wildman–Crippen MR) is 119 cm³/mol. The van der Waals surface area contributed by atoms with Crippen LogP contribution in [0.5, 0.6) is 0 Å². The number of rotatable bonds is 2. The van der Waals surface area contributed by atoms with Gasteiger partial charge in [0.1, 0.15) is 5.66 Å². The summed E-state index contributed by atoms with van der Waals surface area (Å²) in [5, 5.41) is 3.83. The van der Waals surface area contributed by atoms with Gasteiger partial charge in [-0.2, -0.15) is 0 Å². The highest BCUT2D eigenvalue weighted by Crippen LogP contribution is 2.55. The van der Waals surface area contributed by atoms with Crippen molar-refractivity contribution in [2.75, 3.05) is 13.1 Å². The van der Waals surface area contributed by atoms with Gasteiger partial charge in [-0.05, 0) is 43.2 Å². The number of thiophene rings is 1. The molecule has 3 aliphatic heterocycles. The number of fused-ring (bicyclic) bond motifs is 5. The quantitative estimate of drug-likeness (QED) is 0.648. The number of pyridine rings is 2. The van der Waals surface area contributed by atoms with E-state index in [0.29, 0.717) is 6.42 Å². The van der Waals surface area contributed by atoms with Gasteiger partial charge in [0.15, 0.2) is 5.78 Å². The van der Waals surface area contributed by atoms with E-state index in [1.807, 2.05) is 48.4 Å². The third-order valence-electron chi connectivity index (χ3n) is 6.53. The lowest BCUT2D eigenvalue weighted by Crippen LogP contribution is -2.51. The zero-order valence-corrected chi connectivity index (χ0v) is 18.3. The Morgan fingerprint density at radius 3 is 2.60 bits per heavy atom. The van der Waals surface area contributed by atoms with Gasteiger partial charge in [0, 0.05) is 42.3 Å². The van der Waals surface area contributed by atoms with Gasteiger partial charge in [0.2, 0.25) is 0 Å². The molecule has 6 rings (SSSR count). The number of nitrogens with one attached hydrogen (secondary N) is 1. The minimum Gasteiger partial charge on any atom is -0.294 e. The summed E-state index contributed by atoms with van der Waals surface area (Å²) in [5.41, 5.74) is 4.02. The van der Waals surface area contributed by atoms with E-state index in [-0.39, 0.29) is 22.7 Å². The lowest BCUT2D eigenvalue weighted by atomic mass is 9.86. The summed E-state index contributed by atoms with van der Waals surface area (Å²) in [6.45, 7) is 4.19. The van der Waals surface area contributed by atoms with Crippen molar-refractivity contribution in [2.45, 2.75) is 40.9 Å². The molecular weight excluding hydrogens is 412 g/mol. The molecule has 1 saturated heterocycles. The van der Waals surface area contributed by atoms with E-state index in [2.05, 4.69) is 39.2 Å². The van der Waals surface area contributed by atoms with Gasteiger partial charge in [-0.1, -0.05) is 12.1 Å². The molecule has 3 aromatic heterocycles. The lowest BCUT2D eigenvalue weighted by Gasteiger charge is -2.44. The number of hydrogen-bond acceptors (Lipinski definition) is 7. The molecule has 30 heavy (non-hydrogen) atoms. The van der Waals surface area contributed by atoms with E-state index < -0.39 is 0 Å². The number of carbonyl (C=O) groups excluding carboxylic acids is 1. The van der Waals surface area contributed by atoms with Crippen LogP contribution in [0.2, 0.25) is 0 Å². The molecule has 0 aromatic carbocycles. The van der Waals surface area contributed by atoms with Crippen molar-refractivity contribution in [1.29, 1.82) is 0 Å². The zero-order chi connectivity index (χ0) is 20.3. The van der Waals surface area contributed by atoms with Gasteiger partial charge in [0.05, 0.1) is 26.9 Å². The fourth-order valence-electron chi connectivity index (χ4n) is 5.13. The first-order chi connectivity index (χ1) is 14.6. The lowest BCUT2D eigenvalue weighted by molar-refractivity contribution is 0.0691. The van der Waals surface area contributed by atoms with Crippen molar-refractivity contribution in [3.63, 3.8) is 0 Å². The largest absolute Gasteiger partial charge is 0.294 e. The summed E-state index contributed by atoms with van der Waals surface area (Å²) in [5.74, 6) is 0.256. The summed E-state index contributed by atoms with van der Waals surface area (Å²) < 4.78 is 1.16. The molecule has 0 spiro atoms. The maximum Gasteiger partial charge on any atom is 0.166 e. The summed E-state index contributed by atoms with van der Waals surface area (Å²) in [6, 6.07) is 12.3. The minimum atomic E-state index is -0.251. The summed E-state index contributed by atoms with van der Waals surface area (Å²) in [4.78, 5) is 26.4. The molecule has 0 saturated carbocycles. The van der Waals surface area contributed by atoms with E-state index in [4.69, 9.17) is 0 Å². The van der Waals surface area contributed by atoms with Crippen LogP contribution < -0.4 is 5.32 Å². The van der Waals surface area contributed by atoms with Crippen LogP contribution in [0.1, 0.15) is 56.8 Å². The van der Waals surface area contributed by atoms with Crippen molar-refractivity contribution < 1.29 is 4.79 Å². The maximum atomic E-state index is 13.4. The number of carbonyl (C=O) groups is 1. The van der Waals surface area contributed by atoms with Crippen LogP contribution in [0, 0.1) is 0 Å². The first-order valence-electron chi connectivity index (χ1n) is 10.3. The van der Waals surface area contributed by atoms with Gasteiger partial charge in [0.25, 0.3) is 0 Å². The number of nitrogens with zero attached hydrogens (tertiary/aromatic N) is 3. The fraction of sp³-hybridized carbons (Fsp3) is 0.348. The molecule has 0 aliphatic carbocycles. The first-order valence-corrected chi connectivity index (χ1v) is 12.0. The van der Waals surface area contributed by atoms with Crippen LogP contribution >= 0.6 is 23.1 Å².